The number of hydrogen-bond acceptors (Lipinski definition) is 4. The topological polar surface area (TPSA) is 76.5 Å². The molecule has 3 rings (SSSR count). The first-order chi connectivity index (χ1) is 12.3. The average molecular weight is 360 g/mol. The number of benzene rings is 1. The highest BCUT2D eigenvalue weighted by molar-refractivity contribution is 5.97. The lowest BCUT2D eigenvalue weighted by molar-refractivity contribution is -0.160. The van der Waals surface area contributed by atoms with E-state index in [1.807, 2.05) is 6.92 Å². The molecular formula is C18H21FN4O3. The minimum absolute atomic E-state index is 0.183. The Kier molecular flexibility index (Phi) is 4.78. The molecule has 0 spiro atoms. The Morgan fingerprint density at radius 3 is 2.50 bits per heavy atom. The van der Waals surface area contributed by atoms with Crippen LogP contribution in [0.5, 0.6) is 0 Å². The quantitative estimate of drug-likeness (QED) is 0.904. The summed E-state index contributed by atoms with van der Waals surface area (Å²) in [6, 6.07) is 5.06. The molecule has 2 unspecified atom stereocenters. The van der Waals surface area contributed by atoms with E-state index in [2.05, 4.69) is 10.4 Å². The second kappa shape index (κ2) is 6.87. The lowest BCUT2D eigenvalue weighted by Crippen LogP contribution is -2.51. The molecule has 1 aliphatic heterocycles. The average Bonchev–Trinajstić information content (AvgIpc) is 2.84. The van der Waals surface area contributed by atoms with Gasteiger partial charge in [0.1, 0.15) is 12.4 Å². The largest absolute Gasteiger partial charge is 0.356 e. The molecule has 8 heteroatoms. The third-order valence-electron chi connectivity index (χ3n) is 4.71. The van der Waals surface area contributed by atoms with E-state index in [0.717, 1.165) is 5.69 Å². The number of nitrogens with one attached hydrogen (secondary N) is 1. The summed E-state index contributed by atoms with van der Waals surface area (Å²) in [5.41, 5.74) is 2.76. The van der Waals surface area contributed by atoms with E-state index < -0.39 is 12.1 Å². The zero-order chi connectivity index (χ0) is 19.0. The summed E-state index contributed by atoms with van der Waals surface area (Å²) in [5, 5.41) is 7.13. The third-order valence-corrected chi connectivity index (χ3v) is 4.71. The normalized spacial score (nSPS) is 20.3. The molecule has 138 valence electrons. The van der Waals surface area contributed by atoms with Gasteiger partial charge in [0.25, 0.3) is 5.91 Å². The monoisotopic (exact) mass is 360 g/mol. The summed E-state index contributed by atoms with van der Waals surface area (Å²) in [5.74, 6) is -1.00. The Balaban J connectivity index is 1.91. The first-order valence-corrected chi connectivity index (χ1v) is 8.23. The van der Waals surface area contributed by atoms with Gasteiger partial charge < -0.3 is 15.0 Å². The van der Waals surface area contributed by atoms with Gasteiger partial charge in [-0.25, -0.2) is 4.39 Å². The Hall–Kier alpha value is -2.74. The fourth-order valence-corrected chi connectivity index (χ4v) is 3.14. The van der Waals surface area contributed by atoms with Crippen LogP contribution in [0.3, 0.4) is 0 Å². The fraction of sp³-hybridized carbons (Fsp3) is 0.389. The number of aryl methyl sites for hydroxylation is 2. The standard InChI is InChI=1S/C18H21FN4O3/c1-10-15(11(2)23(4)21-10)20-18(25)17-16(22(3)14(24)9-26-17)12-5-7-13(19)8-6-12/h5-8,16-17H,9H2,1-4H3,(H,20,25). The number of nitrogens with zero attached hydrogens (tertiary/aromatic N) is 3. The van der Waals surface area contributed by atoms with Gasteiger partial charge in [0.15, 0.2) is 6.10 Å². The minimum atomic E-state index is -0.915. The summed E-state index contributed by atoms with van der Waals surface area (Å²) < 4.78 is 20.5. The van der Waals surface area contributed by atoms with Gasteiger partial charge in [0.2, 0.25) is 5.91 Å². The number of aromatic nitrogens is 2. The first kappa shape index (κ1) is 18.1. The van der Waals surface area contributed by atoms with Crippen molar-refractivity contribution in [2.45, 2.75) is 26.0 Å². The van der Waals surface area contributed by atoms with Crippen molar-refractivity contribution in [3.8, 4) is 0 Å². The van der Waals surface area contributed by atoms with Crippen molar-refractivity contribution in [1.82, 2.24) is 14.7 Å². The number of anilines is 1. The number of rotatable bonds is 3. The number of carbonyl (C=O) groups excluding carboxylic acids is 2. The molecule has 1 aromatic carbocycles. The fourth-order valence-electron chi connectivity index (χ4n) is 3.14. The number of likely N-dealkylation sites (N-methyl/N-ethyl adjacent to an activating group) is 1. The molecule has 1 aliphatic rings. The van der Waals surface area contributed by atoms with Crippen molar-refractivity contribution >= 4 is 17.5 Å². The van der Waals surface area contributed by atoms with Gasteiger partial charge in [-0.1, -0.05) is 12.1 Å². The molecule has 2 amide bonds. The van der Waals surface area contributed by atoms with E-state index in [0.29, 0.717) is 16.9 Å². The van der Waals surface area contributed by atoms with Crippen molar-refractivity contribution < 1.29 is 18.7 Å². The van der Waals surface area contributed by atoms with E-state index >= 15 is 0 Å². The van der Waals surface area contributed by atoms with Crippen LogP contribution in [-0.4, -0.2) is 46.3 Å². The number of hydrogen-bond donors (Lipinski definition) is 1. The number of morpholine rings is 1. The van der Waals surface area contributed by atoms with Crippen molar-refractivity contribution in [1.29, 1.82) is 0 Å². The van der Waals surface area contributed by atoms with E-state index in [9.17, 15) is 14.0 Å². The van der Waals surface area contributed by atoms with Gasteiger partial charge in [0.05, 0.1) is 23.1 Å². The molecule has 1 N–H and O–H groups in total. The Bertz CT molecular complexity index is 847. The van der Waals surface area contributed by atoms with Gasteiger partial charge in [-0.05, 0) is 31.5 Å². The molecular weight excluding hydrogens is 339 g/mol. The van der Waals surface area contributed by atoms with Crippen LogP contribution in [-0.2, 0) is 21.4 Å². The number of ether oxygens (including phenoxy) is 1. The van der Waals surface area contributed by atoms with Crippen LogP contribution in [0.25, 0.3) is 0 Å². The maximum atomic E-state index is 13.3. The van der Waals surface area contributed by atoms with Gasteiger partial charge in [-0.15, -0.1) is 0 Å². The van der Waals surface area contributed by atoms with Crippen LogP contribution in [0.1, 0.15) is 23.0 Å². The Labute approximate surface area is 150 Å². The van der Waals surface area contributed by atoms with Crippen LogP contribution >= 0.6 is 0 Å². The van der Waals surface area contributed by atoms with Crippen LogP contribution in [0, 0.1) is 19.7 Å². The van der Waals surface area contributed by atoms with Crippen molar-refractivity contribution in [3.63, 3.8) is 0 Å². The van der Waals surface area contributed by atoms with Gasteiger partial charge in [-0.2, -0.15) is 5.10 Å². The molecule has 2 heterocycles. The molecule has 7 nitrogen and oxygen atoms in total. The highest BCUT2D eigenvalue weighted by Gasteiger charge is 2.40. The second-order valence-electron chi connectivity index (χ2n) is 6.39. The molecule has 0 bridgehead atoms. The second-order valence-corrected chi connectivity index (χ2v) is 6.39. The highest BCUT2D eigenvalue weighted by Crippen LogP contribution is 2.30. The Morgan fingerprint density at radius 2 is 1.92 bits per heavy atom. The summed E-state index contributed by atoms with van der Waals surface area (Å²) in [7, 11) is 3.41. The molecule has 26 heavy (non-hydrogen) atoms. The number of carbonyl (C=O) groups is 2. The summed E-state index contributed by atoms with van der Waals surface area (Å²) in [6.07, 6.45) is -0.915. The lowest BCUT2D eigenvalue weighted by Gasteiger charge is -2.38. The molecule has 0 saturated carbocycles. The summed E-state index contributed by atoms with van der Waals surface area (Å²) in [4.78, 5) is 26.4. The molecule has 2 atom stereocenters. The van der Waals surface area contributed by atoms with Crippen LogP contribution in [0.15, 0.2) is 24.3 Å². The number of halogens is 1. The molecule has 1 aromatic heterocycles. The van der Waals surface area contributed by atoms with E-state index in [1.54, 1.807) is 37.8 Å². The van der Waals surface area contributed by atoms with Gasteiger partial charge in [0, 0.05) is 14.1 Å². The number of amides is 2. The minimum Gasteiger partial charge on any atom is -0.356 e. The van der Waals surface area contributed by atoms with Crippen LogP contribution in [0.2, 0.25) is 0 Å². The summed E-state index contributed by atoms with van der Waals surface area (Å²) in [6.45, 7) is 3.47. The molecule has 2 aromatic rings. The smallest absolute Gasteiger partial charge is 0.256 e. The van der Waals surface area contributed by atoms with Gasteiger partial charge >= 0.3 is 0 Å². The maximum Gasteiger partial charge on any atom is 0.256 e. The van der Waals surface area contributed by atoms with E-state index in [4.69, 9.17) is 4.74 Å². The zero-order valence-electron chi connectivity index (χ0n) is 15.1. The Morgan fingerprint density at radius 1 is 1.27 bits per heavy atom. The highest BCUT2D eigenvalue weighted by atomic mass is 19.1. The maximum absolute atomic E-state index is 13.3. The predicted octanol–water partition coefficient (Wildman–Crippen LogP) is 1.71. The molecule has 1 saturated heterocycles. The van der Waals surface area contributed by atoms with Crippen molar-refractivity contribution in [2.75, 3.05) is 19.0 Å². The predicted molar refractivity (Wildman–Crippen MR) is 93.0 cm³/mol. The van der Waals surface area contributed by atoms with Gasteiger partial charge in [-0.3, -0.25) is 14.3 Å². The van der Waals surface area contributed by atoms with Crippen molar-refractivity contribution in [3.05, 3.63) is 47.0 Å². The molecule has 1 fully saturated rings. The summed E-state index contributed by atoms with van der Waals surface area (Å²) >= 11 is 0. The van der Waals surface area contributed by atoms with Crippen molar-refractivity contribution in [2.24, 2.45) is 7.05 Å². The molecule has 0 radical (unpaired) electrons. The lowest BCUT2D eigenvalue weighted by atomic mass is 9.97. The third kappa shape index (κ3) is 3.20. The first-order valence-electron chi connectivity index (χ1n) is 8.23. The SMILES string of the molecule is Cc1nn(C)c(C)c1NC(=O)C1OCC(=O)N(C)C1c1ccc(F)cc1. The van der Waals surface area contributed by atoms with Crippen LogP contribution in [0.4, 0.5) is 10.1 Å². The van der Waals surface area contributed by atoms with Crippen LogP contribution < -0.4 is 5.32 Å². The van der Waals surface area contributed by atoms with E-state index in [-0.39, 0.29) is 24.2 Å². The molecule has 0 aliphatic carbocycles. The zero-order valence-corrected chi connectivity index (χ0v) is 15.1. The van der Waals surface area contributed by atoms with E-state index in [1.165, 1.54) is 17.0 Å².